The number of nitrogens with one attached hydrogen (secondary N) is 1. The Kier molecular flexibility index (Phi) is 4.56. The molecule has 0 spiro atoms. The number of rotatable bonds is 5. The molecule has 1 N–H and O–H groups in total. The monoisotopic (exact) mass is 313 g/mol. The van der Waals surface area contributed by atoms with Gasteiger partial charge in [-0.25, -0.2) is 0 Å². The van der Waals surface area contributed by atoms with Crippen LogP contribution < -0.4 is 5.32 Å². The molecule has 3 rings (SSSR count). The van der Waals surface area contributed by atoms with Crippen LogP contribution in [-0.4, -0.2) is 19.3 Å². The van der Waals surface area contributed by atoms with Gasteiger partial charge in [-0.05, 0) is 36.4 Å². The minimum atomic E-state index is 0.238. The van der Waals surface area contributed by atoms with Crippen LogP contribution in [0.25, 0.3) is 0 Å². The average molecular weight is 314 g/mol. The average Bonchev–Trinajstić information content (AvgIpc) is 3.11. The van der Waals surface area contributed by atoms with Crippen molar-refractivity contribution >= 4 is 34.3 Å². The van der Waals surface area contributed by atoms with Crippen molar-refractivity contribution in [1.82, 2.24) is 5.32 Å². The first kappa shape index (κ1) is 13.6. The molecule has 1 aliphatic rings. The van der Waals surface area contributed by atoms with Crippen LogP contribution in [0.5, 0.6) is 0 Å². The molecule has 0 aromatic carbocycles. The van der Waals surface area contributed by atoms with Gasteiger partial charge < -0.3 is 10.1 Å². The highest BCUT2D eigenvalue weighted by Crippen LogP contribution is 2.33. The summed E-state index contributed by atoms with van der Waals surface area (Å²) in [4.78, 5) is 2.60. The number of hydrogen-bond donors (Lipinski definition) is 1. The van der Waals surface area contributed by atoms with Gasteiger partial charge in [-0.3, -0.25) is 0 Å². The van der Waals surface area contributed by atoms with E-state index in [1.165, 1.54) is 16.2 Å². The van der Waals surface area contributed by atoms with E-state index in [0.717, 1.165) is 23.9 Å². The molecule has 2 atom stereocenters. The first-order valence-corrected chi connectivity index (χ1v) is 8.54. The lowest BCUT2D eigenvalue weighted by Crippen LogP contribution is -2.29. The van der Waals surface area contributed by atoms with Crippen molar-refractivity contribution in [1.29, 1.82) is 0 Å². The summed E-state index contributed by atoms with van der Waals surface area (Å²) in [6, 6.07) is 8.58. The van der Waals surface area contributed by atoms with E-state index in [-0.39, 0.29) is 6.04 Å². The molecule has 1 aliphatic heterocycles. The molecule has 0 amide bonds. The Morgan fingerprint density at radius 1 is 1.37 bits per heavy atom. The van der Waals surface area contributed by atoms with Gasteiger partial charge in [-0.2, -0.15) is 0 Å². The Morgan fingerprint density at radius 2 is 2.32 bits per heavy atom. The van der Waals surface area contributed by atoms with Gasteiger partial charge in [-0.1, -0.05) is 17.7 Å². The quantitative estimate of drug-likeness (QED) is 0.887. The van der Waals surface area contributed by atoms with Crippen LogP contribution in [0.15, 0.2) is 29.6 Å². The van der Waals surface area contributed by atoms with Gasteiger partial charge in [0.1, 0.15) is 0 Å². The Bertz CT molecular complexity index is 505. The van der Waals surface area contributed by atoms with Crippen LogP contribution in [0.1, 0.15) is 28.6 Å². The summed E-state index contributed by atoms with van der Waals surface area (Å²) in [5.74, 6) is 0. The lowest BCUT2D eigenvalue weighted by atomic mass is 10.1. The van der Waals surface area contributed by atoms with Gasteiger partial charge in [0, 0.05) is 22.9 Å². The van der Waals surface area contributed by atoms with Crippen LogP contribution in [0, 0.1) is 0 Å². The van der Waals surface area contributed by atoms with Gasteiger partial charge in [0.05, 0.1) is 16.5 Å². The van der Waals surface area contributed by atoms with Gasteiger partial charge >= 0.3 is 0 Å². The van der Waals surface area contributed by atoms with Crippen LogP contribution in [0.2, 0.25) is 4.34 Å². The van der Waals surface area contributed by atoms with E-state index in [4.69, 9.17) is 16.3 Å². The zero-order chi connectivity index (χ0) is 13.1. The standard InChI is InChI=1S/C14H16ClNOS2/c15-13-6-5-12(19-13)14(11-4-2-8-18-11)16-9-10-3-1-7-17-10/h2,4-6,8,10,14,16H,1,3,7,9H2. The summed E-state index contributed by atoms with van der Waals surface area (Å²) in [7, 11) is 0. The maximum atomic E-state index is 6.06. The SMILES string of the molecule is Clc1ccc(C(NCC2CCCO2)c2cccs2)s1. The van der Waals surface area contributed by atoms with Crippen molar-refractivity contribution in [3.63, 3.8) is 0 Å². The number of ether oxygens (including phenoxy) is 1. The first-order valence-electron chi connectivity index (χ1n) is 6.46. The molecule has 2 aromatic heterocycles. The molecule has 1 saturated heterocycles. The number of halogens is 1. The van der Waals surface area contributed by atoms with Crippen molar-refractivity contribution in [2.75, 3.05) is 13.2 Å². The molecule has 1 fully saturated rings. The summed E-state index contributed by atoms with van der Waals surface area (Å²) < 4.78 is 6.52. The summed E-state index contributed by atoms with van der Waals surface area (Å²) in [5.41, 5.74) is 0. The zero-order valence-electron chi connectivity index (χ0n) is 10.5. The Hall–Kier alpha value is -0.390. The largest absolute Gasteiger partial charge is 0.377 e. The van der Waals surface area contributed by atoms with Gasteiger partial charge in [0.15, 0.2) is 0 Å². The molecule has 0 saturated carbocycles. The summed E-state index contributed by atoms with van der Waals surface area (Å²) in [6.45, 7) is 1.80. The second kappa shape index (κ2) is 6.37. The van der Waals surface area contributed by atoms with E-state index in [2.05, 4.69) is 28.9 Å². The fourth-order valence-corrected chi connectivity index (χ4v) is 4.38. The molecular formula is C14H16ClNOS2. The smallest absolute Gasteiger partial charge is 0.0931 e. The highest BCUT2D eigenvalue weighted by molar-refractivity contribution is 7.16. The van der Waals surface area contributed by atoms with Crippen molar-refractivity contribution < 1.29 is 4.74 Å². The molecule has 5 heteroatoms. The van der Waals surface area contributed by atoms with Crippen molar-refractivity contribution in [3.05, 3.63) is 43.7 Å². The fraction of sp³-hybridized carbons (Fsp3) is 0.429. The van der Waals surface area contributed by atoms with Gasteiger partial charge in [-0.15, -0.1) is 22.7 Å². The minimum absolute atomic E-state index is 0.238. The van der Waals surface area contributed by atoms with E-state index in [9.17, 15) is 0 Å². The second-order valence-corrected chi connectivity index (χ2v) is 7.36. The first-order chi connectivity index (χ1) is 9.33. The van der Waals surface area contributed by atoms with Crippen LogP contribution in [0.4, 0.5) is 0 Å². The predicted octanol–water partition coefficient (Wildman–Crippen LogP) is 4.32. The lowest BCUT2D eigenvalue weighted by molar-refractivity contribution is 0.108. The fourth-order valence-electron chi connectivity index (χ4n) is 2.33. The Labute approximate surface area is 126 Å². The normalized spacial score (nSPS) is 20.8. The molecule has 2 unspecified atom stereocenters. The van der Waals surface area contributed by atoms with E-state index in [1.54, 1.807) is 22.7 Å². The lowest BCUT2D eigenvalue weighted by Gasteiger charge is -2.18. The third-order valence-electron chi connectivity index (χ3n) is 3.28. The Morgan fingerprint density at radius 3 is 2.95 bits per heavy atom. The summed E-state index contributed by atoms with van der Waals surface area (Å²) in [6.07, 6.45) is 2.70. The molecule has 2 nitrogen and oxygen atoms in total. The molecule has 3 heterocycles. The molecular weight excluding hydrogens is 298 g/mol. The van der Waals surface area contributed by atoms with Crippen molar-refractivity contribution in [2.45, 2.75) is 25.0 Å². The molecule has 19 heavy (non-hydrogen) atoms. The molecule has 2 aromatic rings. The van der Waals surface area contributed by atoms with E-state index in [1.807, 2.05) is 6.07 Å². The molecule has 0 radical (unpaired) electrons. The van der Waals surface area contributed by atoms with Crippen LogP contribution in [0.3, 0.4) is 0 Å². The predicted molar refractivity (Wildman–Crippen MR) is 82.5 cm³/mol. The van der Waals surface area contributed by atoms with Gasteiger partial charge in [0.25, 0.3) is 0 Å². The zero-order valence-corrected chi connectivity index (χ0v) is 12.9. The maximum absolute atomic E-state index is 6.06. The van der Waals surface area contributed by atoms with Gasteiger partial charge in [0.2, 0.25) is 0 Å². The topological polar surface area (TPSA) is 21.3 Å². The third kappa shape index (κ3) is 3.38. The van der Waals surface area contributed by atoms with Crippen molar-refractivity contribution in [3.8, 4) is 0 Å². The number of thiophene rings is 2. The van der Waals surface area contributed by atoms with Crippen LogP contribution in [-0.2, 0) is 4.74 Å². The highest BCUT2D eigenvalue weighted by atomic mass is 35.5. The second-order valence-electron chi connectivity index (χ2n) is 4.63. The highest BCUT2D eigenvalue weighted by Gasteiger charge is 2.21. The summed E-state index contributed by atoms with van der Waals surface area (Å²) >= 11 is 9.49. The Balaban J connectivity index is 1.73. The van der Waals surface area contributed by atoms with E-state index in [0.29, 0.717) is 6.10 Å². The molecule has 0 bridgehead atoms. The third-order valence-corrected chi connectivity index (χ3v) is 5.51. The van der Waals surface area contributed by atoms with E-state index >= 15 is 0 Å². The summed E-state index contributed by atoms with van der Waals surface area (Å²) in [5, 5.41) is 5.75. The van der Waals surface area contributed by atoms with Crippen molar-refractivity contribution in [2.24, 2.45) is 0 Å². The number of hydrogen-bond acceptors (Lipinski definition) is 4. The molecule has 102 valence electrons. The maximum Gasteiger partial charge on any atom is 0.0931 e. The van der Waals surface area contributed by atoms with Crippen LogP contribution >= 0.6 is 34.3 Å². The minimum Gasteiger partial charge on any atom is -0.377 e. The van der Waals surface area contributed by atoms with E-state index < -0.39 is 0 Å². The molecule has 0 aliphatic carbocycles.